The van der Waals surface area contributed by atoms with Crippen molar-refractivity contribution in [3.05, 3.63) is 18.5 Å². The van der Waals surface area contributed by atoms with E-state index >= 15 is 0 Å². The van der Waals surface area contributed by atoms with Crippen molar-refractivity contribution in [1.29, 1.82) is 0 Å². The Balaban J connectivity index is 1.85. The van der Waals surface area contributed by atoms with E-state index in [4.69, 9.17) is 4.74 Å². The number of hydrogen-bond donors (Lipinski definition) is 1. The lowest BCUT2D eigenvalue weighted by molar-refractivity contribution is 0.194. The van der Waals surface area contributed by atoms with Crippen LogP contribution in [0.4, 0.5) is 0 Å². The second-order valence-electron chi connectivity index (χ2n) is 3.22. The van der Waals surface area contributed by atoms with E-state index in [2.05, 4.69) is 10.4 Å². The Morgan fingerprint density at radius 3 is 2.93 bits per heavy atom. The van der Waals surface area contributed by atoms with Gasteiger partial charge in [-0.15, -0.1) is 0 Å². The molecule has 80 valence electrons. The largest absolute Gasteiger partial charge is 0.385 e. The summed E-state index contributed by atoms with van der Waals surface area (Å²) in [4.78, 5) is 0. The summed E-state index contributed by atoms with van der Waals surface area (Å²) in [7, 11) is 1.73. The summed E-state index contributed by atoms with van der Waals surface area (Å²) in [6.07, 6.45) is 6.00. The van der Waals surface area contributed by atoms with E-state index in [0.29, 0.717) is 0 Å². The molecule has 1 aromatic rings. The average Bonchev–Trinajstić information content (AvgIpc) is 2.69. The molecule has 0 saturated carbocycles. The zero-order chi connectivity index (χ0) is 10.1. The van der Waals surface area contributed by atoms with Crippen LogP contribution in [0.25, 0.3) is 0 Å². The molecule has 0 aliphatic rings. The van der Waals surface area contributed by atoms with Crippen molar-refractivity contribution < 1.29 is 4.74 Å². The minimum Gasteiger partial charge on any atom is -0.385 e. The van der Waals surface area contributed by atoms with Crippen LogP contribution >= 0.6 is 0 Å². The molecule has 1 N–H and O–H groups in total. The maximum absolute atomic E-state index is 4.95. The third-order valence-corrected chi connectivity index (χ3v) is 2.00. The minimum atomic E-state index is 0.839. The molecule has 4 nitrogen and oxygen atoms in total. The van der Waals surface area contributed by atoms with Crippen molar-refractivity contribution in [3.63, 3.8) is 0 Å². The first-order valence-corrected chi connectivity index (χ1v) is 5.10. The highest BCUT2D eigenvalue weighted by atomic mass is 16.5. The van der Waals surface area contributed by atoms with Gasteiger partial charge in [0.25, 0.3) is 0 Å². The van der Waals surface area contributed by atoms with Gasteiger partial charge in [-0.05, 0) is 32.0 Å². The van der Waals surface area contributed by atoms with Gasteiger partial charge in [-0.25, -0.2) is 0 Å². The van der Waals surface area contributed by atoms with Gasteiger partial charge < -0.3 is 10.1 Å². The Hall–Kier alpha value is -0.870. The number of methoxy groups -OCH3 is 1. The second kappa shape index (κ2) is 7.53. The second-order valence-corrected chi connectivity index (χ2v) is 3.22. The maximum Gasteiger partial charge on any atom is 0.0489 e. The van der Waals surface area contributed by atoms with E-state index in [1.54, 1.807) is 7.11 Å². The summed E-state index contributed by atoms with van der Waals surface area (Å²) >= 11 is 0. The number of aromatic nitrogens is 2. The maximum atomic E-state index is 4.95. The number of ether oxygens (including phenoxy) is 1. The molecule has 0 amide bonds. The summed E-state index contributed by atoms with van der Waals surface area (Å²) in [5.41, 5.74) is 0. The van der Waals surface area contributed by atoms with Crippen molar-refractivity contribution in [2.24, 2.45) is 0 Å². The zero-order valence-electron chi connectivity index (χ0n) is 8.78. The third-order valence-electron chi connectivity index (χ3n) is 2.00. The van der Waals surface area contributed by atoms with Crippen LogP contribution in [0.1, 0.15) is 12.8 Å². The lowest BCUT2D eigenvalue weighted by atomic mass is 10.4. The standard InChI is InChI=1S/C10H19N3O/c1-14-10-4-6-11-5-2-8-13-9-3-7-12-13/h3,7,9,11H,2,4-6,8,10H2,1H3. The number of rotatable bonds is 8. The quantitative estimate of drug-likeness (QED) is 0.629. The number of nitrogens with zero attached hydrogens (tertiary/aromatic N) is 2. The van der Waals surface area contributed by atoms with E-state index < -0.39 is 0 Å². The van der Waals surface area contributed by atoms with Gasteiger partial charge in [0.05, 0.1) is 0 Å². The molecule has 0 aliphatic carbocycles. The topological polar surface area (TPSA) is 39.1 Å². The highest BCUT2D eigenvalue weighted by Crippen LogP contribution is 1.87. The first kappa shape index (κ1) is 11.2. The highest BCUT2D eigenvalue weighted by molar-refractivity contribution is 4.77. The molecule has 1 aromatic heterocycles. The Morgan fingerprint density at radius 2 is 2.21 bits per heavy atom. The number of aryl methyl sites for hydroxylation is 1. The molecular formula is C10H19N3O. The minimum absolute atomic E-state index is 0.839. The summed E-state index contributed by atoms with van der Waals surface area (Å²) in [6.45, 7) is 3.91. The van der Waals surface area contributed by atoms with Crippen LogP contribution in [0.5, 0.6) is 0 Å². The fourth-order valence-corrected chi connectivity index (χ4v) is 1.27. The van der Waals surface area contributed by atoms with Crippen LogP contribution in [0, 0.1) is 0 Å². The summed E-state index contributed by atoms with van der Waals surface area (Å²) in [5.74, 6) is 0. The van der Waals surface area contributed by atoms with Gasteiger partial charge in [0.2, 0.25) is 0 Å². The normalized spacial score (nSPS) is 10.6. The molecule has 0 atom stereocenters. The van der Waals surface area contributed by atoms with Gasteiger partial charge in [0, 0.05) is 32.7 Å². The predicted octanol–water partition coefficient (Wildman–Crippen LogP) is 0.899. The fraction of sp³-hybridized carbons (Fsp3) is 0.700. The van der Waals surface area contributed by atoms with E-state index in [-0.39, 0.29) is 0 Å². The first-order valence-electron chi connectivity index (χ1n) is 5.10. The van der Waals surface area contributed by atoms with Crippen LogP contribution in [0.3, 0.4) is 0 Å². The monoisotopic (exact) mass is 197 g/mol. The molecular weight excluding hydrogens is 178 g/mol. The first-order chi connectivity index (χ1) is 6.93. The van der Waals surface area contributed by atoms with E-state index in [1.165, 1.54) is 0 Å². The Bertz CT molecular complexity index is 211. The van der Waals surface area contributed by atoms with Crippen molar-refractivity contribution in [1.82, 2.24) is 15.1 Å². The van der Waals surface area contributed by atoms with Gasteiger partial charge in [0.15, 0.2) is 0 Å². The van der Waals surface area contributed by atoms with Crippen molar-refractivity contribution in [2.45, 2.75) is 19.4 Å². The molecule has 0 bridgehead atoms. The van der Waals surface area contributed by atoms with Gasteiger partial charge in [-0.1, -0.05) is 0 Å². The lowest BCUT2D eigenvalue weighted by Gasteiger charge is -2.04. The molecule has 4 heteroatoms. The smallest absolute Gasteiger partial charge is 0.0489 e. The molecule has 1 heterocycles. The van der Waals surface area contributed by atoms with Crippen LogP contribution in [0.2, 0.25) is 0 Å². The van der Waals surface area contributed by atoms with Gasteiger partial charge in [-0.2, -0.15) is 5.10 Å². The lowest BCUT2D eigenvalue weighted by Crippen LogP contribution is -2.19. The molecule has 1 rings (SSSR count). The van der Waals surface area contributed by atoms with Crippen LogP contribution in [-0.2, 0) is 11.3 Å². The summed E-state index contributed by atoms with van der Waals surface area (Å²) in [6, 6.07) is 1.95. The van der Waals surface area contributed by atoms with Crippen LogP contribution in [0.15, 0.2) is 18.5 Å². The molecule has 0 aromatic carbocycles. The van der Waals surface area contributed by atoms with E-state index in [0.717, 1.165) is 39.1 Å². The summed E-state index contributed by atoms with van der Waals surface area (Å²) < 4.78 is 6.91. The van der Waals surface area contributed by atoms with Gasteiger partial charge >= 0.3 is 0 Å². The predicted molar refractivity (Wildman–Crippen MR) is 56.2 cm³/mol. The molecule has 0 radical (unpaired) electrons. The van der Waals surface area contributed by atoms with Crippen molar-refractivity contribution in [3.8, 4) is 0 Å². The molecule has 0 aliphatic heterocycles. The Labute approximate surface area is 85.3 Å². The van der Waals surface area contributed by atoms with E-state index in [9.17, 15) is 0 Å². The Morgan fingerprint density at radius 1 is 1.36 bits per heavy atom. The van der Waals surface area contributed by atoms with Crippen LogP contribution in [-0.4, -0.2) is 36.6 Å². The molecule has 0 fully saturated rings. The van der Waals surface area contributed by atoms with Gasteiger partial charge in [0.1, 0.15) is 0 Å². The number of nitrogens with one attached hydrogen (secondary N) is 1. The van der Waals surface area contributed by atoms with E-state index in [1.807, 2.05) is 23.1 Å². The highest BCUT2D eigenvalue weighted by Gasteiger charge is 1.91. The SMILES string of the molecule is COCCCNCCCn1cccn1. The van der Waals surface area contributed by atoms with Gasteiger partial charge in [-0.3, -0.25) is 4.68 Å². The molecule has 0 saturated heterocycles. The van der Waals surface area contributed by atoms with Crippen molar-refractivity contribution in [2.75, 3.05) is 26.8 Å². The third kappa shape index (κ3) is 4.99. The van der Waals surface area contributed by atoms with Crippen LogP contribution < -0.4 is 5.32 Å². The Kier molecular flexibility index (Phi) is 6.02. The average molecular weight is 197 g/mol. The van der Waals surface area contributed by atoms with Crippen molar-refractivity contribution >= 4 is 0 Å². The molecule has 14 heavy (non-hydrogen) atoms. The fourth-order valence-electron chi connectivity index (χ4n) is 1.27. The summed E-state index contributed by atoms with van der Waals surface area (Å²) in [5, 5.41) is 7.49. The number of hydrogen-bond acceptors (Lipinski definition) is 3. The molecule has 0 spiro atoms. The zero-order valence-corrected chi connectivity index (χ0v) is 8.78. The molecule has 0 unspecified atom stereocenters.